The van der Waals surface area contributed by atoms with Crippen molar-refractivity contribution in [3.8, 4) is 5.82 Å². The molecule has 0 saturated heterocycles. The number of nitrogens with one attached hydrogen (secondary N) is 1. The number of amides is 1. The number of hydrogen-bond acceptors (Lipinski definition) is 5. The fourth-order valence-electron chi connectivity index (χ4n) is 1.40. The minimum atomic E-state index is -0.341. The fourth-order valence-corrected chi connectivity index (χ4v) is 1.40. The number of rotatable bonds is 4. The zero-order valence-electron chi connectivity index (χ0n) is 11.7. The first kappa shape index (κ1) is 14.1. The summed E-state index contributed by atoms with van der Waals surface area (Å²) in [5.74, 6) is 0.418. The van der Waals surface area contributed by atoms with Gasteiger partial charge < -0.3 is 10.1 Å². The van der Waals surface area contributed by atoms with Gasteiger partial charge >= 0.3 is 0 Å². The Morgan fingerprint density at radius 1 is 1.40 bits per heavy atom. The van der Waals surface area contributed by atoms with Gasteiger partial charge in [0.1, 0.15) is 19.3 Å². The summed E-state index contributed by atoms with van der Waals surface area (Å²) in [5, 5.41) is 6.68. The molecule has 7 heteroatoms. The molecule has 0 aliphatic heterocycles. The van der Waals surface area contributed by atoms with Crippen molar-refractivity contribution in [2.24, 2.45) is 0 Å². The molecule has 0 aliphatic rings. The van der Waals surface area contributed by atoms with Crippen LogP contribution in [0.3, 0.4) is 0 Å². The molecule has 1 amide bonds. The van der Waals surface area contributed by atoms with E-state index in [1.54, 1.807) is 24.7 Å². The summed E-state index contributed by atoms with van der Waals surface area (Å²) in [6.45, 7) is 5.70. The molecule has 2 aromatic heterocycles. The van der Waals surface area contributed by atoms with E-state index in [1.807, 2.05) is 20.8 Å². The Hall–Kier alpha value is -2.28. The van der Waals surface area contributed by atoms with Crippen LogP contribution >= 0.6 is 0 Å². The second-order valence-electron chi connectivity index (χ2n) is 5.19. The van der Waals surface area contributed by atoms with Gasteiger partial charge in [-0.2, -0.15) is 5.10 Å². The second-order valence-corrected chi connectivity index (χ2v) is 5.19. The van der Waals surface area contributed by atoms with E-state index in [4.69, 9.17) is 4.74 Å². The van der Waals surface area contributed by atoms with Crippen LogP contribution in [0.2, 0.25) is 0 Å². The number of aromatic nitrogens is 4. The number of anilines is 1. The molecule has 0 aromatic carbocycles. The number of nitrogens with zero attached hydrogens (tertiary/aromatic N) is 4. The molecule has 0 fully saturated rings. The third-order valence-electron chi connectivity index (χ3n) is 2.32. The lowest BCUT2D eigenvalue weighted by atomic mass is 10.2. The smallest absolute Gasteiger partial charge is 0.250 e. The van der Waals surface area contributed by atoms with Gasteiger partial charge in [-0.05, 0) is 32.9 Å². The zero-order valence-corrected chi connectivity index (χ0v) is 11.7. The van der Waals surface area contributed by atoms with E-state index >= 15 is 0 Å². The first-order chi connectivity index (χ1) is 9.44. The standard InChI is InChI=1S/C13H17N5O2/c1-13(2,3)20-7-12(19)17-10-4-5-11(15-6-10)18-9-14-8-16-18/h4-6,8-9H,7H2,1-3H3,(H,17,19). The van der Waals surface area contributed by atoms with Crippen LogP contribution in [-0.2, 0) is 9.53 Å². The van der Waals surface area contributed by atoms with Crippen LogP contribution in [0, 0.1) is 0 Å². The number of carbonyl (C=O) groups excluding carboxylic acids is 1. The average molecular weight is 275 g/mol. The highest BCUT2D eigenvalue weighted by Gasteiger charge is 2.13. The fraction of sp³-hybridized carbons (Fsp3) is 0.385. The van der Waals surface area contributed by atoms with Gasteiger partial charge in [-0.1, -0.05) is 0 Å². The zero-order chi connectivity index (χ0) is 14.6. The number of hydrogen-bond donors (Lipinski definition) is 1. The van der Waals surface area contributed by atoms with Gasteiger partial charge in [0.05, 0.1) is 17.5 Å². The molecule has 20 heavy (non-hydrogen) atoms. The lowest BCUT2D eigenvalue weighted by molar-refractivity contribution is -0.125. The summed E-state index contributed by atoms with van der Waals surface area (Å²) in [7, 11) is 0. The molecular formula is C13H17N5O2. The summed E-state index contributed by atoms with van der Waals surface area (Å²) < 4.78 is 6.93. The first-order valence-corrected chi connectivity index (χ1v) is 6.19. The molecule has 0 aliphatic carbocycles. The van der Waals surface area contributed by atoms with Crippen molar-refractivity contribution >= 4 is 11.6 Å². The average Bonchev–Trinajstić information content (AvgIpc) is 2.90. The first-order valence-electron chi connectivity index (χ1n) is 6.19. The third kappa shape index (κ3) is 4.13. The Morgan fingerprint density at radius 3 is 2.75 bits per heavy atom. The van der Waals surface area contributed by atoms with Crippen LogP contribution in [0.25, 0.3) is 5.82 Å². The van der Waals surface area contributed by atoms with Crippen LogP contribution in [-0.4, -0.2) is 37.9 Å². The molecule has 0 saturated carbocycles. The largest absolute Gasteiger partial charge is 0.366 e. The van der Waals surface area contributed by atoms with Gasteiger partial charge in [0, 0.05) is 0 Å². The van der Waals surface area contributed by atoms with Crippen molar-refractivity contribution in [2.75, 3.05) is 11.9 Å². The van der Waals surface area contributed by atoms with Crippen LogP contribution in [0.1, 0.15) is 20.8 Å². The minimum Gasteiger partial charge on any atom is -0.366 e. The van der Waals surface area contributed by atoms with Crippen LogP contribution < -0.4 is 5.32 Å². The molecular weight excluding hydrogens is 258 g/mol. The normalized spacial score (nSPS) is 11.3. The molecule has 0 atom stereocenters. The summed E-state index contributed by atoms with van der Waals surface area (Å²) in [6, 6.07) is 3.49. The number of ether oxygens (including phenoxy) is 1. The molecule has 1 N–H and O–H groups in total. The number of carbonyl (C=O) groups is 1. The summed E-state index contributed by atoms with van der Waals surface area (Å²) in [6.07, 6.45) is 4.55. The van der Waals surface area contributed by atoms with E-state index in [9.17, 15) is 4.79 Å². The monoisotopic (exact) mass is 275 g/mol. The Kier molecular flexibility index (Phi) is 4.09. The molecule has 7 nitrogen and oxygen atoms in total. The Morgan fingerprint density at radius 2 is 2.20 bits per heavy atom. The lowest BCUT2D eigenvalue weighted by Crippen LogP contribution is -2.27. The van der Waals surface area contributed by atoms with Crippen molar-refractivity contribution in [2.45, 2.75) is 26.4 Å². The van der Waals surface area contributed by atoms with Crippen molar-refractivity contribution < 1.29 is 9.53 Å². The summed E-state index contributed by atoms with van der Waals surface area (Å²) in [5.41, 5.74) is 0.267. The SMILES string of the molecule is CC(C)(C)OCC(=O)Nc1ccc(-n2cncn2)nc1. The van der Waals surface area contributed by atoms with Gasteiger partial charge in [-0.3, -0.25) is 4.79 Å². The highest BCUT2D eigenvalue weighted by molar-refractivity contribution is 5.91. The molecule has 2 rings (SSSR count). The van der Waals surface area contributed by atoms with E-state index in [2.05, 4.69) is 20.4 Å². The summed E-state index contributed by atoms with van der Waals surface area (Å²) in [4.78, 5) is 19.7. The third-order valence-corrected chi connectivity index (χ3v) is 2.32. The summed E-state index contributed by atoms with van der Waals surface area (Å²) >= 11 is 0. The lowest BCUT2D eigenvalue weighted by Gasteiger charge is -2.18. The Balaban J connectivity index is 1.92. The molecule has 0 unspecified atom stereocenters. The topological polar surface area (TPSA) is 81.9 Å². The maximum Gasteiger partial charge on any atom is 0.250 e. The Labute approximate surface area is 117 Å². The maximum atomic E-state index is 11.7. The van der Waals surface area contributed by atoms with E-state index in [1.165, 1.54) is 11.0 Å². The van der Waals surface area contributed by atoms with Crippen molar-refractivity contribution in [3.05, 3.63) is 31.0 Å². The highest BCUT2D eigenvalue weighted by Crippen LogP contribution is 2.10. The molecule has 0 radical (unpaired) electrons. The van der Waals surface area contributed by atoms with Crippen LogP contribution in [0.15, 0.2) is 31.0 Å². The van der Waals surface area contributed by atoms with Crippen molar-refractivity contribution in [1.82, 2.24) is 19.7 Å². The predicted octanol–water partition coefficient (Wildman–Crippen LogP) is 1.42. The molecule has 106 valence electrons. The minimum absolute atomic E-state index is 0.00826. The highest BCUT2D eigenvalue weighted by atomic mass is 16.5. The molecule has 2 heterocycles. The van der Waals surface area contributed by atoms with E-state index in [-0.39, 0.29) is 18.1 Å². The maximum absolute atomic E-state index is 11.7. The van der Waals surface area contributed by atoms with Crippen molar-refractivity contribution in [3.63, 3.8) is 0 Å². The van der Waals surface area contributed by atoms with Gasteiger partial charge in [-0.15, -0.1) is 0 Å². The molecule has 0 spiro atoms. The second kappa shape index (κ2) is 5.79. The van der Waals surface area contributed by atoms with E-state index in [0.29, 0.717) is 11.5 Å². The van der Waals surface area contributed by atoms with Crippen molar-refractivity contribution in [1.29, 1.82) is 0 Å². The van der Waals surface area contributed by atoms with E-state index in [0.717, 1.165) is 0 Å². The van der Waals surface area contributed by atoms with Gasteiger partial charge in [0.15, 0.2) is 5.82 Å². The molecule has 0 bridgehead atoms. The van der Waals surface area contributed by atoms with Crippen LogP contribution in [0.5, 0.6) is 0 Å². The van der Waals surface area contributed by atoms with E-state index < -0.39 is 0 Å². The Bertz CT molecular complexity index is 557. The molecule has 2 aromatic rings. The predicted molar refractivity (Wildman–Crippen MR) is 73.5 cm³/mol. The van der Waals surface area contributed by atoms with Gasteiger partial charge in [0.25, 0.3) is 0 Å². The number of pyridine rings is 1. The quantitative estimate of drug-likeness (QED) is 0.912. The van der Waals surface area contributed by atoms with Gasteiger partial charge in [-0.25, -0.2) is 14.6 Å². The van der Waals surface area contributed by atoms with Gasteiger partial charge in [0.2, 0.25) is 5.91 Å². The van der Waals surface area contributed by atoms with Crippen LogP contribution in [0.4, 0.5) is 5.69 Å².